The van der Waals surface area contributed by atoms with E-state index < -0.39 is 28.5 Å². The molecule has 2 aromatic carbocycles. The van der Waals surface area contributed by atoms with Crippen LogP contribution in [0.3, 0.4) is 0 Å². The first-order valence-corrected chi connectivity index (χ1v) is 14.6. The van der Waals surface area contributed by atoms with Crippen LogP contribution in [0.5, 0.6) is 5.75 Å². The van der Waals surface area contributed by atoms with Crippen LogP contribution in [0.25, 0.3) is 0 Å². The Morgan fingerprint density at radius 3 is 2.27 bits per heavy atom. The molecule has 0 saturated carbocycles. The standard InChI is InChI=1S/C25H32Cl3N3O5S/c1-6-21(25(33)29-13-16(2)3)30(14-17-7-9-19(27)20(28)11-17)24(32)15-31(37(5,34)35)22-12-18(26)8-10-23(22)36-4/h7-12,16,21H,6,13-15H2,1-5H3,(H,29,33). The highest BCUT2D eigenvalue weighted by Gasteiger charge is 2.32. The van der Waals surface area contributed by atoms with E-state index in [1.165, 1.54) is 24.1 Å². The van der Waals surface area contributed by atoms with Crippen LogP contribution in [-0.2, 0) is 26.2 Å². The number of methoxy groups -OCH3 is 1. The molecule has 37 heavy (non-hydrogen) atoms. The molecular formula is C25H32Cl3N3O5S. The summed E-state index contributed by atoms with van der Waals surface area (Å²) >= 11 is 18.4. The van der Waals surface area contributed by atoms with Crippen molar-refractivity contribution in [3.63, 3.8) is 0 Å². The summed E-state index contributed by atoms with van der Waals surface area (Å²) in [4.78, 5) is 28.2. The Labute approximate surface area is 233 Å². The average molecular weight is 593 g/mol. The van der Waals surface area contributed by atoms with Gasteiger partial charge in [0.15, 0.2) is 0 Å². The molecule has 0 bridgehead atoms. The normalized spacial score (nSPS) is 12.2. The number of hydrogen-bond acceptors (Lipinski definition) is 5. The second-order valence-electron chi connectivity index (χ2n) is 8.92. The van der Waals surface area contributed by atoms with Gasteiger partial charge < -0.3 is 15.0 Å². The van der Waals surface area contributed by atoms with Crippen molar-refractivity contribution in [2.45, 2.75) is 39.8 Å². The lowest BCUT2D eigenvalue weighted by atomic mass is 10.1. The quantitative estimate of drug-likeness (QED) is 0.374. The highest BCUT2D eigenvalue weighted by Crippen LogP contribution is 2.33. The average Bonchev–Trinajstić information content (AvgIpc) is 2.82. The van der Waals surface area contributed by atoms with Gasteiger partial charge in [0.05, 0.1) is 29.1 Å². The van der Waals surface area contributed by atoms with Crippen molar-refractivity contribution in [3.8, 4) is 5.75 Å². The lowest BCUT2D eigenvalue weighted by Crippen LogP contribution is -2.52. The molecule has 0 saturated heterocycles. The largest absolute Gasteiger partial charge is 0.495 e. The summed E-state index contributed by atoms with van der Waals surface area (Å²) in [6, 6.07) is 8.52. The number of carbonyl (C=O) groups excluding carboxylic acids is 2. The van der Waals surface area contributed by atoms with Gasteiger partial charge in [-0.25, -0.2) is 8.42 Å². The van der Waals surface area contributed by atoms with Gasteiger partial charge in [0.2, 0.25) is 21.8 Å². The summed E-state index contributed by atoms with van der Waals surface area (Å²) in [5.41, 5.74) is 0.738. The third-order valence-electron chi connectivity index (χ3n) is 5.50. The SMILES string of the molecule is CCC(C(=O)NCC(C)C)N(Cc1ccc(Cl)c(Cl)c1)C(=O)CN(c1cc(Cl)ccc1OC)S(C)(=O)=O. The fraction of sp³-hybridized carbons (Fsp3) is 0.440. The Morgan fingerprint density at radius 1 is 1.05 bits per heavy atom. The molecule has 1 atom stereocenters. The van der Waals surface area contributed by atoms with E-state index in [1.807, 2.05) is 13.8 Å². The number of sulfonamides is 1. The molecule has 12 heteroatoms. The fourth-order valence-corrected chi connectivity index (χ4v) is 4.96. The number of ether oxygens (including phenoxy) is 1. The van der Waals surface area contributed by atoms with E-state index in [0.717, 1.165) is 10.6 Å². The second kappa shape index (κ2) is 13.6. The molecule has 0 radical (unpaired) electrons. The third kappa shape index (κ3) is 8.67. The summed E-state index contributed by atoms with van der Waals surface area (Å²) in [5, 5.41) is 3.78. The van der Waals surface area contributed by atoms with E-state index in [1.54, 1.807) is 31.2 Å². The number of nitrogens with zero attached hydrogens (tertiary/aromatic N) is 2. The van der Waals surface area contributed by atoms with Crippen molar-refractivity contribution in [3.05, 3.63) is 57.0 Å². The smallest absolute Gasteiger partial charge is 0.244 e. The van der Waals surface area contributed by atoms with Gasteiger partial charge in [-0.2, -0.15) is 0 Å². The van der Waals surface area contributed by atoms with Crippen LogP contribution in [0.1, 0.15) is 32.8 Å². The van der Waals surface area contributed by atoms with Gasteiger partial charge in [-0.05, 0) is 48.2 Å². The van der Waals surface area contributed by atoms with Crippen LogP contribution < -0.4 is 14.4 Å². The molecule has 0 aliphatic heterocycles. The van der Waals surface area contributed by atoms with E-state index in [-0.39, 0.29) is 34.8 Å². The zero-order valence-electron chi connectivity index (χ0n) is 21.4. The Morgan fingerprint density at radius 2 is 1.73 bits per heavy atom. The van der Waals surface area contributed by atoms with Crippen molar-refractivity contribution in [1.29, 1.82) is 0 Å². The van der Waals surface area contributed by atoms with Crippen LogP contribution in [0.4, 0.5) is 5.69 Å². The monoisotopic (exact) mass is 591 g/mol. The van der Waals surface area contributed by atoms with Crippen molar-refractivity contribution < 1.29 is 22.7 Å². The van der Waals surface area contributed by atoms with Crippen molar-refractivity contribution in [2.75, 3.05) is 30.8 Å². The maximum Gasteiger partial charge on any atom is 0.244 e. The van der Waals surface area contributed by atoms with Crippen LogP contribution >= 0.6 is 34.8 Å². The van der Waals surface area contributed by atoms with Crippen molar-refractivity contribution >= 4 is 62.3 Å². The Hall–Kier alpha value is -2.20. The van der Waals surface area contributed by atoms with Gasteiger partial charge in [0.25, 0.3) is 0 Å². The predicted molar refractivity (Wildman–Crippen MR) is 149 cm³/mol. The number of rotatable bonds is 12. The van der Waals surface area contributed by atoms with Gasteiger partial charge >= 0.3 is 0 Å². The van der Waals surface area contributed by atoms with Crippen molar-refractivity contribution in [2.24, 2.45) is 5.92 Å². The topological polar surface area (TPSA) is 96.0 Å². The molecule has 1 N–H and O–H groups in total. The number of anilines is 1. The molecular weight excluding hydrogens is 561 g/mol. The number of halogens is 3. The number of benzene rings is 2. The first kappa shape index (κ1) is 31.0. The summed E-state index contributed by atoms with van der Waals surface area (Å²) < 4.78 is 31.8. The molecule has 0 aromatic heterocycles. The molecule has 0 heterocycles. The summed E-state index contributed by atoms with van der Waals surface area (Å²) in [6.07, 6.45) is 1.28. The Bertz CT molecular complexity index is 1220. The van der Waals surface area contributed by atoms with E-state index >= 15 is 0 Å². The highest BCUT2D eigenvalue weighted by molar-refractivity contribution is 7.92. The van der Waals surface area contributed by atoms with E-state index in [9.17, 15) is 18.0 Å². The molecule has 2 aromatic rings. The molecule has 0 spiro atoms. The van der Waals surface area contributed by atoms with Gasteiger partial charge in [0.1, 0.15) is 18.3 Å². The summed E-state index contributed by atoms with van der Waals surface area (Å²) in [6.45, 7) is 5.56. The summed E-state index contributed by atoms with van der Waals surface area (Å²) in [7, 11) is -2.56. The molecule has 0 aliphatic rings. The lowest BCUT2D eigenvalue weighted by molar-refractivity contribution is -0.140. The third-order valence-corrected chi connectivity index (χ3v) is 7.60. The molecule has 2 amide bonds. The first-order valence-electron chi connectivity index (χ1n) is 11.6. The molecule has 1 unspecified atom stereocenters. The van der Waals surface area contributed by atoms with E-state index in [4.69, 9.17) is 39.5 Å². The minimum Gasteiger partial charge on any atom is -0.495 e. The van der Waals surface area contributed by atoms with Crippen LogP contribution in [0.15, 0.2) is 36.4 Å². The maximum atomic E-state index is 13.8. The van der Waals surface area contributed by atoms with Crippen LogP contribution in [0.2, 0.25) is 15.1 Å². The lowest BCUT2D eigenvalue weighted by Gasteiger charge is -2.33. The highest BCUT2D eigenvalue weighted by atomic mass is 35.5. The van der Waals surface area contributed by atoms with Gasteiger partial charge in [-0.1, -0.05) is 61.6 Å². The minimum absolute atomic E-state index is 0.00755. The first-order chi connectivity index (χ1) is 17.3. The van der Waals surface area contributed by atoms with E-state index in [2.05, 4.69) is 5.32 Å². The van der Waals surface area contributed by atoms with Gasteiger partial charge in [0, 0.05) is 18.1 Å². The minimum atomic E-state index is -3.95. The number of carbonyl (C=O) groups is 2. The number of hydrogen-bond donors (Lipinski definition) is 1. The van der Waals surface area contributed by atoms with Crippen LogP contribution in [-0.4, -0.2) is 57.6 Å². The molecule has 204 valence electrons. The van der Waals surface area contributed by atoms with E-state index in [0.29, 0.717) is 28.6 Å². The molecule has 0 fully saturated rings. The Kier molecular flexibility index (Phi) is 11.4. The zero-order valence-corrected chi connectivity index (χ0v) is 24.5. The molecule has 8 nitrogen and oxygen atoms in total. The van der Waals surface area contributed by atoms with Crippen molar-refractivity contribution in [1.82, 2.24) is 10.2 Å². The number of nitrogens with one attached hydrogen (secondary N) is 1. The van der Waals surface area contributed by atoms with Crippen LogP contribution in [0, 0.1) is 5.92 Å². The second-order valence-corrected chi connectivity index (χ2v) is 12.1. The molecule has 2 rings (SSSR count). The number of amides is 2. The maximum absolute atomic E-state index is 13.8. The zero-order chi connectivity index (χ0) is 27.9. The summed E-state index contributed by atoms with van der Waals surface area (Å²) in [5.74, 6) is -0.502. The Balaban J connectivity index is 2.52. The van der Waals surface area contributed by atoms with Gasteiger partial charge in [-0.3, -0.25) is 13.9 Å². The fourth-order valence-electron chi connectivity index (χ4n) is 3.63. The van der Waals surface area contributed by atoms with Gasteiger partial charge in [-0.15, -0.1) is 0 Å². The molecule has 0 aliphatic carbocycles. The predicted octanol–water partition coefficient (Wildman–Crippen LogP) is 5.00.